The second kappa shape index (κ2) is 4.01. The summed E-state index contributed by atoms with van der Waals surface area (Å²) in [7, 11) is 0. The molecule has 0 saturated heterocycles. The summed E-state index contributed by atoms with van der Waals surface area (Å²) < 4.78 is 5.47. The van der Waals surface area contributed by atoms with E-state index in [2.05, 4.69) is 12.1 Å². The van der Waals surface area contributed by atoms with E-state index in [-0.39, 0.29) is 0 Å². The van der Waals surface area contributed by atoms with Crippen molar-refractivity contribution in [3.05, 3.63) is 29.3 Å². The van der Waals surface area contributed by atoms with Crippen molar-refractivity contribution >= 4 is 0 Å². The second-order valence-electron chi connectivity index (χ2n) is 3.87. The van der Waals surface area contributed by atoms with Crippen LogP contribution in [0.5, 0.6) is 5.75 Å². The molecule has 2 rings (SSSR count). The van der Waals surface area contributed by atoms with Crippen LogP contribution in [-0.2, 0) is 12.8 Å². The lowest BCUT2D eigenvalue weighted by molar-refractivity contribution is 0.339. The highest BCUT2D eigenvalue weighted by Crippen LogP contribution is 2.24. The van der Waals surface area contributed by atoms with Gasteiger partial charge in [0, 0.05) is 6.04 Å². The molecule has 0 radical (unpaired) electrons. The minimum absolute atomic E-state index is 0.348. The maximum atomic E-state index is 5.92. The molecule has 1 aromatic rings. The van der Waals surface area contributed by atoms with Crippen molar-refractivity contribution in [2.45, 2.75) is 32.2 Å². The number of nitrogens with two attached hydrogens (primary N) is 1. The van der Waals surface area contributed by atoms with Crippen molar-refractivity contribution in [3.8, 4) is 5.75 Å². The number of benzene rings is 1. The molecule has 1 aromatic carbocycles. The first kappa shape index (κ1) is 9.53. The van der Waals surface area contributed by atoms with E-state index in [0.717, 1.165) is 31.6 Å². The molecule has 1 aliphatic rings. The average molecular weight is 191 g/mol. The summed E-state index contributed by atoms with van der Waals surface area (Å²) in [5, 5.41) is 0. The number of rotatable bonds is 2. The Labute approximate surface area is 85.1 Å². The topological polar surface area (TPSA) is 35.2 Å². The number of hydrogen-bond donors (Lipinski definition) is 1. The predicted octanol–water partition coefficient (Wildman–Crippen LogP) is 1.90. The Morgan fingerprint density at radius 2 is 2.29 bits per heavy atom. The van der Waals surface area contributed by atoms with Gasteiger partial charge in [0.1, 0.15) is 5.75 Å². The lowest BCUT2D eigenvalue weighted by Gasteiger charge is -2.21. The quantitative estimate of drug-likeness (QED) is 0.775. The predicted molar refractivity (Wildman–Crippen MR) is 57.6 cm³/mol. The summed E-state index contributed by atoms with van der Waals surface area (Å²) >= 11 is 0. The Bertz CT molecular complexity index is 322. The molecule has 0 amide bonds. The number of aryl methyl sites for hydroxylation is 1. The van der Waals surface area contributed by atoms with Crippen molar-refractivity contribution < 1.29 is 4.74 Å². The zero-order valence-electron chi connectivity index (χ0n) is 8.62. The zero-order valence-corrected chi connectivity index (χ0v) is 8.62. The molecule has 0 bridgehead atoms. The van der Waals surface area contributed by atoms with Crippen LogP contribution in [0.2, 0.25) is 0 Å². The van der Waals surface area contributed by atoms with Crippen molar-refractivity contribution in [2.24, 2.45) is 5.73 Å². The molecule has 76 valence electrons. The van der Waals surface area contributed by atoms with Crippen LogP contribution in [0.25, 0.3) is 0 Å². The fourth-order valence-corrected chi connectivity index (χ4v) is 2.02. The smallest absolute Gasteiger partial charge is 0.119 e. The van der Waals surface area contributed by atoms with E-state index >= 15 is 0 Å². The van der Waals surface area contributed by atoms with Crippen LogP contribution in [0.1, 0.15) is 24.5 Å². The Hall–Kier alpha value is -1.02. The summed E-state index contributed by atoms with van der Waals surface area (Å²) in [6, 6.07) is 6.70. The van der Waals surface area contributed by atoms with Gasteiger partial charge in [-0.3, -0.25) is 0 Å². The maximum absolute atomic E-state index is 5.92. The van der Waals surface area contributed by atoms with Crippen molar-refractivity contribution in [1.82, 2.24) is 0 Å². The number of hydrogen-bond acceptors (Lipinski definition) is 2. The molecule has 0 saturated carbocycles. The van der Waals surface area contributed by atoms with Gasteiger partial charge in [-0.1, -0.05) is 6.07 Å². The van der Waals surface area contributed by atoms with E-state index in [9.17, 15) is 0 Å². The standard InChI is InChI=1S/C12H17NO/c1-2-14-12-6-4-9-7-11(13)5-3-10(9)8-12/h4,6,8,11H,2-3,5,7,13H2,1H3/t11-/m0/s1. The van der Waals surface area contributed by atoms with Gasteiger partial charge in [-0.15, -0.1) is 0 Å². The molecule has 14 heavy (non-hydrogen) atoms. The fourth-order valence-electron chi connectivity index (χ4n) is 2.02. The van der Waals surface area contributed by atoms with Gasteiger partial charge in [-0.25, -0.2) is 0 Å². The molecule has 2 heteroatoms. The van der Waals surface area contributed by atoms with Crippen LogP contribution in [-0.4, -0.2) is 12.6 Å². The van der Waals surface area contributed by atoms with Crippen molar-refractivity contribution in [2.75, 3.05) is 6.61 Å². The van der Waals surface area contributed by atoms with Gasteiger partial charge >= 0.3 is 0 Å². The molecular formula is C12H17NO. The Morgan fingerprint density at radius 3 is 3.07 bits per heavy atom. The lowest BCUT2D eigenvalue weighted by atomic mass is 9.89. The van der Waals surface area contributed by atoms with E-state index in [4.69, 9.17) is 10.5 Å². The van der Waals surface area contributed by atoms with Crippen molar-refractivity contribution in [1.29, 1.82) is 0 Å². The molecule has 0 unspecified atom stereocenters. The van der Waals surface area contributed by atoms with Crippen LogP contribution in [0.4, 0.5) is 0 Å². The van der Waals surface area contributed by atoms with Crippen molar-refractivity contribution in [3.63, 3.8) is 0 Å². The third kappa shape index (κ3) is 1.90. The number of fused-ring (bicyclic) bond motifs is 1. The normalized spacial score (nSPS) is 20.3. The molecule has 1 atom stereocenters. The Kier molecular flexibility index (Phi) is 2.73. The summed E-state index contributed by atoms with van der Waals surface area (Å²) in [5.41, 5.74) is 8.73. The zero-order chi connectivity index (χ0) is 9.97. The van der Waals surface area contributed by atoms with Crippen LogP contribution in [0.3, 0.4) is 0 Å². The van der Waals surface area contributed by atoms with Crippen LogP contribution in [0, 0.1) is 0 Å². The molecule has 0 spiro atoms. The SMILES string of the molecule is CCOc1ccc2c(c1)CC[C@H](N)C2. The van der Waals surface area contributed by atoms with Crippen LogP contribution < -0.4 is 10.5 Å². The molecule has 2 nitrogen and oxygen atoms in total. The lowest BCUT2D eigenvalue weighted by Crippen LogP contribution is -2.27. The minimum Gasteiger partial charge on any atom is -0.494 e. The summed E-state index contributed by atoms with van der Waals surface area (Å²) in [5.74, 6) is 0.988. The highest BCUT2D eigenvalue weighted by molar-refractivity contribution is 5.37. The van der Waals surface area contributed by atoms with Gasteiger partial charge in [-0.05, 0) is 49.4 Å². The van der Waals surface area contributed by atoms with E-state index in [1.165, 1.54) is 11.1 Å². The van der Waals surface area contributed by atoms with E-state index in [1.54, 1.807) is 0 Å². The third-order valence-electron chi connectivity index (χ3n) is 2.76. The van der Waals surface area contributed by atoms with Gasteiger partial charge in [0.15, 0.2) is 0 Å². The third-order valence-corrected chi connectivity index (χ3v) is 2.76. The molecule has 0 aromatic heterocycles. The first-order valence-corrected chi connectivity index (χ1v) is 5.29. The van der Waals surface area contributed by atoms with E-state index < -0.39 is 0 Å². The monoisotopic (exact) mass is 191 g/mol. The molecule has 2 N–H and O–H groups in total. The number of ether oxygens (including phenoxy) is 1. The first-order valence-electron chi connectivity index (χ1n) is 5.29. The maximum Gasteiger partial charge on any atom is 0.119 e. The van der Waals surface area contributed by atoms with Gasteiger partial charge < -0.3 is 10.5 Å². The summed E-state index contributed by atoms with van der Waals surface area (Å²) in [6.07, 6.45) is 3.21. The summed E-state index contributed by atoms with van der Waals surface area (Å²) in [6.45, 7) is 2.74. The molecule has 0 aliphatic heterocycles. The van der Waals surface area contributed by atoms with Crippen LogP contribution >= 0.6 is 0 Å². The van der Waals surface area contributed by atoms with Gasteiger partial charge in [0.05, 0.1) is 6.61 Å². The highest BCUT2D eigenvalue weighted by atomic mass is 16.5. The van der Waals surface area contributed by atoms with Gasteiger partial charge in [0.2, 0.25) is 0 Å². The highest BCUT2D eigenvalue weighted by Gasteiger charge is 2.15. The van der Waals surface area contributed by atoms with E-state index in [1.807, 2.05) is 13.0 Å². The largest absolute Gasteiger partial charge is 0.494 e. The van der Waals surface area contributed by atoms with E-state index in [0.29, 0.717) is 6.04 Å². The average Bonchev–Trinajstić information content (AvgIpc) is 2.19. The molecule has 1 aliphatic carbocycles. The van der Waals surface area contributed by atoms with Crippen LogP contribution in [0.15, 0.2) is 18.2 Å². The second-order valence-corrected chi connectivity index (χ2v) is 3.87. The molecular weight excluding hydrogens is 174 g/mol. The fraction of sp³-hybridized carbons (Fsp3) is 0.500. The van der Waals surface area contributed by atoms with Gasteiger partial charge in [-0.2, -0.15) is 0 Å². The summed E-state index contributed by atoms with van der Waals surface area (Å²) in [4.78, 5) is 0. The Balaban J connectivity index is 2.22. The molecule has 0 heterocycles. The minimum atomic E-state index is 0.348. The molecule has 0 fully saturated rings. The first-order chi connectivity index (χ1) is 6.79. The van der Waals surface area contributed by atoms with Gasteiger partial charge in [0.25, 0.3) is 0 Å². The Morgan fingerprint density at radius 1 is 1.43 bits per heavy atom.